The lowest BCUT2D eigenvalue weighted by atomic mass is 9.84. The predicted molar refractivity (Wildman–Crippen MR) is 96.3 cm³/mol. The van der Waals surface area contributed by atoms with Crippen molar-refractivity contribution in [3.05, 3.63) is 34.9 Å². The minimum atomic E-state index is -0.454. The van der Waals surface area contributed by atoms with E-state index in [1.165, 1.54) is 0 Å². The summed E-state index contributed by atoms with van der Waals surface area (Å²) in [5.74, 6) is 0.140. The highest BCUT2D eigenvalue weighted by molar-refractivity contribution is 6.30. The fourth-order valence-corrected chi connectivity index (χ4v) is 2.84. The molecule has 1 aromatic carbocycles. The number of benzene rings is 1. The number of halogens is 2. The van der Waals surface area contributed by atoms with Gasteiger partial charge in [0, 0.05) is 30.2 Å². The lowest BCUT2D eigenvalue weighted by Crippen LogP contribution is -2.49. The third-order valence-electron chi connectivity index (χ3n) is 4.41. The molecule has 3 N–H and O–H groups in total. The number of carbonyl (C=O) groups is 1. The molecule has 1 amide bonds. The van der Waals surface area contributed by atoms with Crippen molar-refractivity contribution >= 4 is 29.9 Å². The first-order chi connectivity index (χ1) is 10.4. The van der Waals surface area contributed by atoms with Gasteiger partial charge in [0.15, 0.2) is 0 Å². The van der Waals surface area contributed by atoms with E-state index in [1.54, 1.807) is 0 Å². The Kier molecular flexibility index (Phi) is 7.81. The van der Waals surface area contributed by atoms with E-state index in [2.05, 4.69) is 19.2 Å². The Labute approximate surface area is 149 Å². The van der Waals surface area contributed by atoms with E-state index in [9.17, 15) is 4.79 Å². The topological polar surface area (TPSA) is 64.4 Å². The molecular weight excluding hydrogens is 335 g/mol. The van der Waals surface area contributed by atoms with Gasteiger partial charge >= 0.3 is 0 Å². The largest absolute Gasteiger partial charge is 0.381 e. The van der Waals surface area contributed by atoms with Crippen LogP contribution in [0, 0.1) is 5.92 Å². The summed E-state index contributed by atoms with van der Waals surface area (Å²) in [6.07, 6.45) is 1.71. The number of ether oxygens (including phenoxy) is 1. The molecule has 1 aromatic rings. The summed E-state index contributed by atoms with van der Waals surface area (Å²) in [5.41, 5.74) is 7.06. The fourth-order valence-electron chi connectivity index (χ4n) is 2.72. The van der Waals surface area contributed by atoms with Crippen LogP contribution in [0.1, 0.15) is 32.3 Å². The van der Waals surface area contributed by atoms with Gasteiger partial charge in [0.05, 0.1) is 6.04 Å². The van der Waals surface area contributed by atoms with Crippen LogP contribution in [0.2, 0.25) is 5.02 Å². The van der Waals surface area contributed by atoms with Gasteiger partial charge in [-0.2, -0.15) is 0 Å². The maximum Gasteiger partial charge on any atom is 0.237 e. The molecule has 0 saturated carbocycles. The lowest BCUT2D eigenvalue weighted by molar-refractivity contribution is -0.124. The number of hydrogen-bond donors (Lipinski definition) is 2. The number of rotatable bonds is 5. The molecule has 6 heteroatoms. The SMILES string of the molecule is CC(C)(CNC(=O)C(N)C1CCOCC1)c1ccc(Cl)cc1.Cl. The normalized spacial score (nSPS) is 17.2. The highest BCUT2D eigenvalue weighted by Gasteiger charge is 2.28. The summed E-state index contributed by atoms with van der Waals surface area (Å²) in [5, 5.41) is 3.71. The average molecular weight is 361 g/mol. The van der Waals surface area contributed by atoms with Gasteiger partial charge in [-0.15, -0.1) is 12.4 Å². The molecule has 1 atom stereocenters. The van der Waals surface area contributed by atoms with Crippen molar-refractivity contribution < 1.29 is 9.53 Å². The first-order valence-electron chi connectivity index (χ1n) is 7.77. The van der Waals surface area contributed by atoms with Crippen LogP contribution in [0.3, 0.4) is 0 Å². The molecule has 0 bridgehead atoms. The van der Waals surface area contributed by atoms with Crippen molar-refractivity contribution in [3.8, 4) is 0 Å². The zero-order valence-corrected chi connectivity index (χ0v) is 15.3. The fraction of sp³-hybridized carbons (Fsp3) is 0.588. The first kappa shape index (κ1) is 20.2. The second-order valence-electron chi connectivity index (χ2n) is 6.58. The van der Waals surface area contributed by atoms with Gasteiger partial charge in [-0.3, -0.25) is 4.79 Å². The van der Waals surface area contributed by atoms with Crippen LogP contribution in [0.15, 0.2) is 24.3 Å². The van der Waals surface area contributed by atoms with Crippen LogP contribution in [-0.2, 0) is 14.9 Å². The van der Waals surface area contributed by atoms with E-state index in [-0.39, 0.29) is 29.6 Å². The molecule has 1 aliphatic rings. The third kappa shape index (κ3) is 5.64. The van der Waals surface area contributed by atoms with Crippen LogP contribution < -0.4 is 11.1 Å². The summed E-state index contributed by atoms with van der Waals surface area (Å²) in [6, 6.07) is 7.27. The molecule has 0 aromatic heterocycles. The van der Waals surface area contributed by atoms with Crippen molar-refractivity contribution in [1.82, 2.24) is 5.32 Å². The maximum absolute atomic E-state index is 12.3. The zero-order chi connectivity index (χ0) is 16.2. The van der Waals surface area contributed by atoms with Crippen LogP contribution in [0.5, 0.6) is 0 Å². The average Bonchev–Trinajstić information content (AvgIpc) is 2.53. The van der Waals surface area contributed by atoms with Crippen molar-refractivity contribution in [2.24, 2.45) is 11.7 Å². The molecule has 130 valence electrons. The van der Waals surface area contributed by atoms with Crippen LogP contribution in [0.4, 0.5) is 0 Å². The minimum Gasteiger partial charge on any atom is -0.381 e. The number of nitrogens with two attached hydrogens (primary N) is 1. The molecule has 0 radical (unpaired) electrons. The van der Waals surface area contributed by atoms with Gasteiger partial charge in [-0.25, -0.2) is 0 Å². The Morgan fingerprint density at radius 1 is 1.35 bits per heavy atom. The van der Waals surface area contributed by atoms with E-state index < -0.39 is 6.04 Å². The molecule has 1 aliphatic heterocycles. The van der Waals surface area contributed by atoms with Gasteiger partial charge in [-0.05, 0) is 36.5 Å². The van der Waals surface area contributed by atoms with Gasteiger partial charge in [0.2, 0.25) is 5.91 Å². The third-order valence-corrected chi connectivity index (χ3v) is 4.66. The van der Waals surface area contributed by atoms with Gasteiger partial charge in [0.25, 0.3) is 0 Å². The number of carbonyl (C=O) groups excluding carboxylic acids is 1. The van der Waals surface area contributed by atoms with Gasteiger partial charge in [0.1, 0.15) is 0 Å². The van der Waals surface area contributed by atoms with Gasteiger partial charge in [-0.1, -0.05) is 37.6 Å². The quantitative estimate of drug-likeness (QED) is 0.848. The minimum absolute atomic E-state index is 0. The highest BCUT2D eigenvalue weighted by Crippen LogP contribution is 2.24. The van der Waals surface area contributed by atoms with Gasteiger partial charge < -0.3 is 15.8 Å². The van der Waals surface area contributed by atoms with E-state index >= 15 is 0 Å². The van der Waals surface area contributed by atoms with E-state index in [4.69, 9.17) is 22.1 Å². The Balaban J connectivity index is 0.00000264. The number of nitrogens with one attached hydrogen (secondary N) is 1. The molecule has 0 aliphatic carbocycles. The van der Waals surface area contributed by atoms with E-state index in [0.29, 0.717) is 24.8 Å². The summed E-state index contributed by atoms with van der Waals surface area (Å²) >= 11 is 5.92. The van der Waals surface area contributed by atoms with Crippen molar-refractivity contribution in [2.75, 3.05) is 19.8 Å². The molecule has 0 spiro atoms. The highest BCUT2D eigenvalue weighted by atomic mass is 35.5. The maximum atomic E-state index is 12.3. The zero-order valence-electron chi connectivity index (χ0n) is 13.7. The Bertz CT molecular complexity index is 500. The number of amides is 1. The lowest BCUT2D eigenvalue weighted by Gasteiger charge is -2.29. The van der Waals surface area contributed by atoms with Crippen molar-refractivity contribution in [3.63, 3.8) is 0 Å². The first-order valence-corrected chi connectivity index (χ1v) is 8.15. The summed E-state index contributed by atoms with van der Waals surface area (Å²) in [7, 11) is 0. The second-order valence-corrected chi connectivity index (χ2v) is 7.02. The Morgan fingerprint density at radius 3 is 2.48 bits per heavy atom. The van der Waals surface area contributed by atoms with Crippen LogP contribution >= 0.6 is 24.0 Å². The smallest absolute Gasteiger partial charge is 0.237 e. The molecule has 23 heavy (non-hydrogen) atoms. The van der Waals surface area contributed by atoms with Crippen molar-refractivity contribution in [1.29, 1.82) is 0 Å². The summed E-state index contributed by atoms with van der Waals surface area (Å²) in [6.45, 7) is 6.13. The molecule has 1 fully saturated rings. The van der Waals surface area contributed by atoms with Crippen LogP contribution in [0.25, 0.3) is 0 Å². The van der Waals surface area contributed by atoms with Crippen molar-refractivity contribution in [2.45, 2.75) is 38.1 Å². The summed E-state index contributed by atoms with van der Waals surface area (Å²) in [4.78, 5) is 12.3. The second kappa shape index (κ2) is 8.88. The predicted octanol–water partition coefficient (Wildman–Crippen LogP) is 2.91. The molecule has 1 heterocycles. The molecule has 1 unspecified atom stereocenters. The molecule has 2 rings (SSSR count). The van der Waals surface area contributed by atoms with Crippen LogP contribution in [-0.4, -0.2) is 31.7 Å². The summed E-state index contributed by atoms with van der Waals surface area (Å²) < 4.78 is 5.31. The molecule has 4 nitrogen and oxygen atoms in total. The Hall–Kier alpha value is -0.810. The monoisotopic (exact) mass is 360 g/mol. The Morgan fingerprint density at radius 2 is 1.91 bits per heavy atom. The standard InChI is InChI=1S/C17H25ClN2O2.ClH/c1-17(2,13-3-5-14(18)6-4-13)11-20-16(21)15(19)12-7-9-22-10-8-12;/h3-6,12,15H,7-11,19H2,1-2H3,(H,20,21);1H. The molecule has 1 saturated heterocycles. The number of hydrogen-bond acceptors (Lipinski definition) is 3. The molecular formula is C17H26Cl2N2O2. The van der Waals surface area contributed by atoms with E-state index in [1.807, 2.05) is 24.3 Å². The van der Waals surface area contributed by atoms with E-state index in [0.717, 1.165) is 18.4 Å².